The van der Waals surface area contributed by atoms with Gasteiger partial charge in [-0.05, 0) is 30.7 Å². The largest absolute Gasteiger partial charge is 0.490 e. The zero-order valence-electron chi connectivity index (χ0n) is 17.8. The maximum atomic E-state index is 12.7. The Labute approximate surface area is 184 Å². The first-order valence-electron chi connectivity index (χ1n) is 10.2. The van der Waals surface area contributed by atoms with Crippen molar-refractivity contribution in [2.24, 2.45) is 0 Å². The van der Waals surface area contributed by atoms with Crippen LogP contribution in [-0.2, 0) is 9.59 Å². The van der Waals surface area contributed by atoms with E-state index < -0.39 is 12.1 Å². The van der Waals surface area contributed by atoms with Gasteiger partial charge in [-0.15, -0.1) is 0 Å². The van der Waals surface area contributed by atoms with Crippen molar-refractivity contribution < 1.29 is 32.7 Å². The number of alkyl halides is 3. The number of hydrogen-bond donors (Lipinski definition) is 2. The molecule has 2 rings (SSSR count). The van der Waals surface area contributed by atoms with E-state index in [1.165, 1.54) is 0 Å². The molecule has 0 aromatic heterocycles. The third-order valence-electron chi connectivity index (χ3n) is 4.64. The van der Waals surface area contributed by atoms with E-state index in [0.29, 0.717) is 30.6 Å². The summed E-state index contributed by atoms with van der Waals surface area (Å²) in [7, 11) is 0. The number of hydrogen-bond acceptors (Lipinski definition) is 5. The predicted octanol–water partition coefficient (Wildman–Crippen LogP) is 2.26. The molecule has 1 aliphatic heterocycles. The molecule has 2 N–H and O–H groups in total. The second kappa shape index (κ2) is 13.3. The Morgan fingerprint density at radius 3 is 2.19 bits per heavy atom. The van der Waals surface area contributed by atoms with Gasteiger partial charge in [-0.3, -0.25) is 9.59 Å². The summed E-state index contributed by atoms with van der Waals surface area (Å²) in [6, 6.07) is 8.71. The van der Waals surface area contributed by atoms with E-state index in [2.05, 4.69) is 18.3 Å². The average molecular weight is 456 g/mol. The van der Waals surface area contributed by atoms with Crippen LogP contribution in [0, 0.1) is 11.3 Å². The fourth-order valence-corrected chi connectivity index (χ4v) is 2.84. The minimum atomic E-state index is -5.08. The smallest absolute Gasteiger partial charge is 0.475 e. The molecule has 1 heterocycles. The molecule has 32 heavy (non-hydrogen) atoms. The van der Waals surface area contributed by atoms with Gasteiger partial charge < -0.3 is 20.2 Å². The van der Waals surface area contributed by atoms with Crippen LogP contribution < -0.4 is 5.32 Å². The first-order valence-corrected chi connectivity index (χ1v) is 10.2. The lowest BCUT2D eigenvalue weighted by molar-refractivity contribution is -0.192. The summed E-state index contributed by atoms with van der Waals surface area (Å²) >= 11 is 0. The summed E-state index contributed by atoms with van der Waals surface area (Å²) in [5.74, 6) is -2.73. The van der Waals surface area contributed by atoms with Crippen molar-refractivity contribution in [2.45, 2.75) is 32.4 Å². The normalized spacial score (nSPS) is 13.4. The molecule has 0 radical (unpaired) electrons. The van der Waals surface area contributed by atoms with E-state index in [4.69, 9.17) is 15.2 Å². The average Bonchev–Trinajstić information content (AvgIpc) is 2.79. The Kier molecular flexibility index (Phi) is 11.2. The van der Waals surface area contributed by atoms with E-state index in [1.54, 1.807) is 29.2 Å². The zero-order valence-corrected chi connectivity index (χ0v) is 17.8. The van der Waals surface area contributed by atoms with Gasteiger partial charge in [-0.1, -0.05) is 13.3 Å². The number of carboxylic acids is 1. The van der Waals surface area contributed by atoms with Crippen molar-refractivity contribution >= 4 is 17.8 Å². The van der Waals surface area contributed by atoms with Crippen molar-refractivity contribution in [1.29, 1.82) is 5.26 Å². The molecular weight excluding hydrogens is 429 g/mol. The minimum Gasteiger partial charge on any atom is -0.475 e. The molecule has 0 spiro atoms. The van der Waals surface area contributed by atoms with Crippen LogP contribution in [0.4, 0.5) is 13.2 Å². The highest BCUT2D eigenvalue weighted by Gasteiger charge is 2.38. The summed E-state index contributed by atoms with van der Waals surface area (Å²) in [6.07, 6.45) is -2.83. The summed E-state index contributed by atoms with van der Waals surface area (Å²) in [6.45, 7) is 6.28. The lowest BCUT2D eigenvalue weighted by Crippen LogP contribution is -2.47. The molecule has 11 heteroatoms. The number of unbranched alkanes of at least 4 members (excludes halogenated alkanes) is 1. The number of carbonyl (C=O) groups excluding carboxylic acids is 2. The standard InChI is InChI=1S/C19H26N4O2.C2HF3O2/c1-2-3-11-23(12-8-18(24)22-13-9-21-10-14-22)19(25)17-6-4-16(15-20)5-7-17;3-2(4,5)1(6)7/h4-7,21H,2-3,8-14H2,1H3;(H,6,7). The molecule has 176 valence electrons. The van der Waals surface area contributed by atoms with Gasteiger partial charge in [-0.25, -0.2) is 4.79 Å². The zero-order chi connectivity index (χ0) is 24.1. The van der Waals surface area contributed by atoms with Gasteiger partial charge in [0.05, 0.1) is 11.6 Å². The monoisotopic (exact) mass is 456 g/mol. The van der Waals surface area contributed by atoms with Crippen molar-refractivity contribution in [3.63, 3.8) is 0 Å². The fraction of sp³-hybridized carbons (Fsp3) is 0.524. The molecule has 8 nitrogen and oxygen atoms in total. The van der Waals surface area contributed by atoms with E-state index in [1.807, 2.05) is 4.90 Å². The second-order valence-corrected chi connectivity index (χ2v) is 7.02. The van der Waals surface area contributed by atoms with E-state index in [9.17, 15) is 22.8 Å². The number of halogens is 3. The van der Waals surface area contributed by atoms with Crippen molar-refractivity contribution in [1.82, 2.24) is 15.1 Å². The third-order valence-corrected chi connectivity index (χ3v) is 4.64. The molecule has 2 amide bonds. The van der Waals surface area contributed by atoms with Crippen LogP contribution >= 0.6 is 0 Å². The van der Waals surface area contributed by atoms with Crippen molar-refractivity contribution in [3.8, 4) is 6.07 Å². The van der Waals surface area contributed by atoms with Crippen LogP contribution in [0.5, 0.6) is 0 Å². The van der Waals surface area contributed by atoms with Crippen molar-refractivity contribution in [2.75, 3.05) is 39.3 Å². The number of nitrogens with zero attached hydrogens (tertiary/aromatic N) is 3. The first-order chi connectivity index (χ1) is 15.1. The molecular formula is C21H27F3N4O4. The third kappa shape index (κ3) is 9.34. The number of rotatable bonds is 7. The maximum absolute atomic E-state index is 12.7. The maximum Gasteiger partial charge on any atom is 0.490 e. The predicted molar refractivity (Wildman–Crippen MR) is 110 cm³/mol. The van der Waals surface area contributed by atoms with Gasteiger partial charge in [-0.2, -0.15) is 18.4 Å². The Balaban J connectivity index is 0.000000633. The van der Waals surface area contributed by atoms with Crippen LogP contribution in [0.2, 0.25) is 0 Å². The lowest BCUT2D eigenvalue weighted by atomic mass is 10.1. The Bertz CT molecular complexity index is 801. The van der Waals surface area contributed by atoms with Crippen molar-refractivity contribution in [3.05, 3.63) is 35.4 Å². The first kappa shape index (κ1) is 26.9. The molecule has 0 unspecified atom stereocenters. The van der Waals surface area contributed by atoms with Crippen LogP contribution in [0.25, 0.3) is 0 Å². The van der Waals surface area contributed by atoms with Gasteiger partial charge >= 0.3 is 12.1 Å². The number of piperazine rings is 1. The lowest BCUT2D eigenvalue weighted by Gasteiger charge is -2.29. The molecule has 1 aliphatic rings. The summed E-state index contributed by atoms with van der Waals surface area (Å²) in [4.78, 5) is 37.6. The molecule has 0 atom stereocenters. The number of amides is 2. The van der Waals surface area contributed by atoms with Gasteiger partial charge in [0.1, 0.15) is 0 Å². The van der Waals surface area contributed by atoms with Gasteiger partial charge in [0.15, 0.2) is 0 Å². The molecule has 1 aromatic rings. The molecule has 1 aromatic carbocycles. The Hall–Kier alpha value is -3.13. The summed E-state index contributed by atoms with van der Waals surface area (Å²) in [5.41, 5.74) is 1.09. The van der Waals surface area contributed by atoms with Gasteiger partial charge in [0.2, 0.25) is 5.91 Å². The van der Waals surface area contributed by atoms with Gasteiger partial charge in [0, 0.05) is 51.3 Å². The van der Waals surface area contributed by atoms with Crippen LogP contribution in [0.3, 0.4) is 0 Å². The highest BCUT2D eigenvalue weighted by molar-refractivity contribution is 5.94. The SMILES string of the molecule is CCCCN(CCC(=O)N1CCNCC1)C(=O)c1ccc(C#N)cc1.O=C(O)C(F)(F)F. The number of nitriles is 1. The Morgan fingerprint density at radius 2 is 1.72 bits per heavy atom. The van der Waals surface area contributed by atoms with E-state index in [-0.39, 0.29) is 11.8 Å². The molecule has 0 saturated carbocycles. The quantitative estimate of drug-likeness (QED) is 0.651. The van der Waals surface area contributed by atoms with Crippen LogP contribution in [0.15, 0.2) is 24.3 Å². The number of carboxylic acid groups (broad SMARTS) is 1. The molecule has 1 saturated heterocycles. The number of benzene rings is 1. The summed E-state index contributed by atoms with van der Waals surface area (Å²) < 4.78 is 31.7. The number of nitrogens with one attached hydrogen (secondary N) is 1. The highest BCUT2D eigenvalue weighted by atomic mass is 19.4. The topological polar surface area (TPSA) is 114 Å². The number of aliphatic carboxylic acids is 1. The molecule has 0 bridgehead atoms. The Morgan fingerprint density at radius 1 is 1.16 bits per heavy atom. The van der Waals surface area contributed by atoms with Gasteiger partial charge in [0.25, 0.3) is 5.91 Å². The molecule has 0 aliphatic carbocycles. The molecule has 1 fully saturated rings. The fourth-order valence-electron chi connectivity index (χ4n) is 2.84. The van der Waals surface area contributed by atoms with E-state index in [0.717, 1.165) is 39.0 Å². The highest BCUT2D eigenvalue weighted by Crippen LogP contribution is 2.13. The van der Waals surface area contributed by atoms with Crippen LogP contribution in [-0.4, -0.2) is 78.1 Å². The number of carbonyl (C=O) groups is 3. The minimum absolute atomic E-state index is 0.0777. The summed E-state index contributed by atoms with van der Waals surface area (Å²) in [5, 5.41) is 19.2. The van der Waals surface area contributed by atoms with E-state index >= 15 is 0 Å². The van der Waals surface area contributed by atoms with Crippen LogP contribution in [0.1, 0.15) is 42.1 Å². The second-order valence-electron chi connectivity index (χ2n) is 7.02.